The van der Waals surface area contributed by atoms with E-state index in [2.05, 4.69) is 20.4 Å². The number of aromatic amines is 1. The number of carbonyl (C=O) groups excluding carboxylic acids is 2. The highest BCUT2D eigenvalue weighted by Crippen LogP contribution is 2.30. The fourth-order valence-corrected chi connectivity index (χ4v) is 5.68. The first-order valence-electron chi connectivity index (χ1n) is 13.4. The van der Waals surface area contributed by atoms with Crippen molar-refractivity contribution in [2.75, 3.05) is 23.9 Å². The number of nitrogens with zero attached hydrogens (tertiary/aromatic N) is 4. The standard InChI is InChI=1S/C31H28N6O4S/c1-19-24(15-20-7-4-3-5-8-20)30(40)34-31(32-19)37-27(17-25(35-37)26-9-6-14-42-26)33-29(39)21-16-28(38)36(18-21)22-10-12-23(41-2)13-11-22/h3-14,17,21H,15-16,18H2,1-2H3,(H,33,39)(H,32,34,40). The Kier molecular flexibility index (Phi) is 7.41. The van der Waals surface area contributed by atoms with Crippen LogP contribution in [0.4, 0.5) is 11.5 Å². The van der Waals surface area contributed by atoms with E-state index in [1.54, 1.807) is 49.3 Å². The zero-order valence-corrected chi connectivity index (χ0v) is 23.9. The summed E-state index contributed by atoms with van der Waals surface area (Å²) >= 11 is 1.51. The van der Waals surface area contributed by atoms with Gasteiger partial charge in [-0.1, -0.05) is 36.4 Å². The van der Waals surface area contributed by atoms with Crippen LogP contribution in [0.3, 0.4) is 0 Å². The van der Waals surface area contributed by atoms with Crippen molar-refractivity contribution >= 4 is 34.7 Å². The van der Waals surface area contributed by atoms with Crippen LogP contribution in [0.5, 0.6) is 5.75 Å². The summed E-state index contributed by atoms with van der Waals surface area (Å²) in [4.78, 5) is 49.5. The van der Waals surface area contributed by atoms with E-state index in [-0.39, 0.29) is 36.3 Å². The van der Waals surface area contributed by atoms with E-state index < -0.39 is 5.92 Å². The van der Waals surface area contributed by atoms with Crippen LogP contribution in [0, 0.1) is 12.8 Å². The third-order valence-electron chi connectivity index (χ3n) is 7.25. The monoisotopic (exact) mass is 580 g/mol. The molecule has 2 aromatic carbocycles. The Bertz CT molecular complexity index is 1800. The summed E-state index contributed by atoms with van der Waals surface area (Å²) < 4.78 is 6.64. The average molecular weight is 581 g/mol. The summed E-state index contributed by atoms with van der Waals surface area (Å²) in [7, 11) is 1.58. The number of amides is 2. The molecule has 0 radical (unpaired) electrons. The molecule has 0 saturated carbocycles. The highest BCUT2D eigenvalue weighted by atomic mass is 32.1. The maximum Gasteiger partial charge on any atom is 0.256 e. The number of benzene rings is 2. The molecule has 0 bridgehead atoms. The highest BCUT2D eigenvalue weighted by molar-refractivity contribution is 7.13. The molecule has 3 aromatic heterocycles. The molecule has 2 amide bonds. The smallest absolute Gasteiger partial charge is 0.256 e. The van der Waals surface area contributed by atoms with Gasteiger partial charge in [0.25, 0.3) is 5.56 Å². The van der Waals surface area contributed by atoms with Crippen LogP contribution in [-0.4, -0.2) is 45.2 Å². The van der Waals surface area contributed by atoms with E-state index in [0.717, 1.165) is 10.4 Å². The van der Waals surface area contributed by atoms with Crippen molar-refractivity contribution in [3.63, 3.8) is 0 Å². The zero-order valence-electron chi connectivity index (χ0n) is 23.0. The second-order valence-corrected chi connectivity index (χ2v) is 11.0. The number of hydrogen-bond donors (Lipinski definition) is 2. The number of carbonyl (C=O) groups is 2. The van der Waals surface area contributed by atoms with Crippen LogP contribution in [0.15, 0.2) is 83.0 Å². The van der Waals surface area contributed by atoms with Gasteiger partial charge in [0.15, 0.2) is 0 Å². The van der Waals surface area contributed by atoms with Crippen molar-refractivity contribution in [1.82, 2.24) is 19.7 Å². The summed E-state index contributed by atoms with van der Waals surface area (Å²) in [6.45, 7) is 2.03. The number of anilines is 2. The van der Waals surface area contributed by atoms with Gasteiger partial charge in [-0.3, -0.25) is 19.4 Å². The summed E-state index contributed by atoms with van der Waals surface area (Å²) in [5.74, 6) is 0.188. The topological polar surface area (TPSA) is 122 Å². The summed E-state index contributed by atoms with van der Waals surface area (Å²) in [5.41, 5.74) is 3.18. The Hall–Kier alpha value is -5.03. The van der Waals surface area contributed by atoms with E-state index in [9.17, 15) is 14.4 Å². The molecule has 10 nitrogen and oxygen atoms in total. The van der Waals surface area contributed by atoms with Gasteiger partial charge in [-0.05, 0) is 48.2 Å². The fourth-order valence-electron chi connectivity index (χ4n) is 5.00. The second-order valence-electron chi connectivity index (χ2n) is 10.0. The Balaban J connectivity index is 1.28. The van der Waals surface area contributed by atoms with Gasteiger partial charge in [-0.15, -0.1) is 11.3 Å². The van der Waals surface area contributed by atoms with Crippen LogP contribution in [0.25, 0.3) is 16.5 Å². The normalized spacial score (nSPS) is 14.8. The minimum atomic E-state index is -0.574. The number of aromatic nitrogens is 4. The molecule has 5 aromatic rings. The van der Waals surface area contributed by atoms with Gasteiger partial charge in [0.05, 0.1) is 23.6 Å². The number of methoxy groups -OCH3 is 1. The Morgan fingerprint density at radius 3 is 2.57 bits per heavy atom. The first kappa shape index (κ1) is 27.2. The van der Waals surface area contributed by atoms with Gasteiger partial charge in [0.1, 0.15) is 17.3 Å². The maximum absolute atomic E-state index is 13.5. The number of H-pyrrole nitrogens is 1. The minimum Gasteiger partial charge on any atom is -0.497 e. The SMILES string of the molecule is COc1ccc(N2CC(C(=O)Nc3cc(-c4cccs4)nn3-c3nc(C)c(Cc4ccccc4)c(=O)[nH]3)CC2=O)cc1. The molecule has 6 rings (SSSR count). The molecule has 11 heteroatoms. The molecule has 0 spiro atoms. The van der Waals surface area contributed by atoms with Crippen molar-refractivity contribution in [2.45, 2.75) is 19.8 Å². The maximum atomic E-state index is 13.5. The van der Waals surface area contributed by atoms with Crippen molar-refractivity contribution in [3.8, 4) is 22.3 Å². The molecule has 2 N–H and O–H groups in total. The third-order valence-corrected chi connectivity index (χ3v) is 8.14. The number of hydrogen-bond acceptors (Lipinski definition) is 7. The zero-order chi connectivity index (χ0) is 29.2. The Morgan fingerprint density at radius 1 is 1.10 bits per heavy atom. The van der Waals surface area contributed by atoms with Crippen LogP contribution >= 0.6 is 11.3 Å². The van der Waals surface area contributed by atoms with E-state index in [4.69, 9.17) is 4.74 Å². The van der Waals surface area contributed by atoms with E-state index in [1.807, 2.05) is 47.8 Å². The Labute approximate surface area is 245 Å². The highest BCUT2D eigenvalue weighted by Gasteiger charge is 2.35. The molecule has 1 atom stereocenters. The quantitative estimate of drug-likeness (QED) is 0.277. The molecule has 4 heterocycles. The largest absolute Gasteiger partial charge is 0.497 e. The van der Waals surface area contributed by atoms with Gasteiger partial charge in [0.2, 0.25) is 17.8 Å². The van der Waals surface area contributed by atoms with Gasteiger partial charge in [-0.2, -0.15) is 9.78 Å². The number of thiophene rings is 1. The van der Waals surface area contributed by atoms with E-state index in [0.29, 0.717) is 40.6 Å². The lowest BCUT2D eigenvalue weighted by Crippen LogP contribution is -2.29. The summed E-state index contributed by atoms with van der Waals surface area (Å²) in [6, 6.07) is 22.5. The van der Waals surface area contributed by atoms with Crippen LogP contribution in [-0.2, 0) is 16.0 Å². The van der Waals surface area contributed by atoms with Crippen molar-refractivity contribution in [3.05, 3.63) is 105 Å². The molecule has 1 aliphatic heterocycles. The molecule has 1 unspecified atom stereocenters. The molecule has 0 aliphatic carbocycles. The third kappa shape index (κ3) is 5.46. The van der Waals surface area contributed by atoms with Gasteiger partial charge >= 0.3 is 0 Å². The average Bonchev–Trinajstić information content (AvgIpc) is 3.76. The first-order valence-corrected chi connectivity index (χ1v) is 14.3. The van der Waals surface area contributed by atoms with Crippen molar-refractivity contribution in [2.24, 2.45) is 5.92 Å². The predicted octanol–water partition coefficient (Wildman–Crippen LogP) is 4.58. The van der Waals surface area contributed by atoms with E-state index >= 15 is 0 Å². The van der Waals surface area contributed by atoms with Crippen LogP contribution < -0.4 is 20.5 Å². The minimum absolute atomic E-state index is 0.0756. The molecule has 1 saturated heterocycles. The molecule has 212 valence electrons. The number of ether oxygens (including phenoxy) is 1. The fraction of sp³-hybridized carbons (Fsp3) is 0.194. The lowest BCUT2D eigenvalue weighted by Gasteiger charge is -2.17. The van der Waals surface area contributed by atoms with Crippen LogP contribution in [0.2, 0.25) is 0 Å². The Morgan fingerprint density at radius 2 is 1.88 bits per heavy atom. The van der Waals surface area contributed by atoms with Gasteiger partial charge in [0, 0.05) is 36.7 Å². The number of aryl methyl sites for hydroxylation is 1. The molecular formula is C31H28N6O4S. The van der Waals surface area contributed by atoms with Crippen molar-refractivity contribution in [1.29, 1.82) is 0 Å². The molecule has 42 heavy (non-hydrogen) atoms. The molecule has 1 aliphatic rings. The number of nitrogens with one attached hydrogen (secondary N) is 2. The van der Waals surface area contributed by atoms with E-state index in [1.165, 1.54) is 16.0 Å². The molecular weight excluding hydrogens is 552 g/mol. The van der Waals surface area contributed by atoms with Gasteiger partial charge in [-0.25, -0.2) is 4.98 Å². The lowest BCUT2D eigenvalue weighted by atomic mass is 10.1. The molecule has 1 fully saturated rings. The summed E-state index contributed by atoms with van der Waals surface area (Å²) in [5, 5.41) is 9.56. The van der Waals surface area contributed by atoms with Crippen LogP contribution in [0.1, 0.15) is 23.2 Å². The first-order chi connectivity index (χ1) is 20.4. The van der Waals surface area contributed by atoms with Crippen molar-refractivity contribution < 1.29 is 14.3 Å². The van der Waals surface area contributed by atoms with Gasteiger partial charge < -0.3 is 15.0 Å². The second kappa shape index (κ2) is 11.5. The lowest BCUT2D eigenvalue weighted by molar-refractivity contribution is -0.122. The summed E-state index contributed by atoms with van der Waals surface area (Å²) in [6.07, 6.45) is 0.519. The predicted molar refractivity (Wildman–Crippen MR) is 161 cm³/mol. The number of rotatable bonds is 8.